The van der Waals surface area contributed by atoms with E-state index >= 15 is 0 Å². The monoisotopic (exact) mass is 289 g/mol. The van der Waals surface area contributed by atoms with Gasteiger partial charge in [0.2, 0.25) is 0 Å². The maximum absolute atomic E-state index is 11.9. The molecule has 1 aliphatic rings. The van der Waals surface area contributed by atoms with E-state index in [1.807, 2.05) is 42.5 Å². The van der Waals surface area contributed by atoms with Crippen molar-refractivity contribution in [3.05, 3.63) is 77.9 Å². The molecule has 0 N–H and O–H groups in total. The Balaban J connectivity index is 1.73. The smallest absolute Gasteiger partial charge is 0.363 e. The zero-order valence-electron chi connectivity index (χ0n) is 11.5. The lowest BCUT2D eigenvalue weighted by molar-refractivity contribution is -0.130. The van der Waals surface area contributed by atoms with Crippen molar-refractivity contribution >= 4 is 28.7 Å². The van der Waals surface area contributed by atoms with Gasteiger partial charge in [0.05, 0.1) is 6.26 Å². The molecular weight excluding hydrogens is 278 g/mol. The zero-order chi connectivity index (χ0) is 14.9. The maximum Gasteiger partial charge on any atom is 0.363 e. The number of benzene rings is 2. The Bertz CT molecular complexity index is 920. The van der Waals surface area contributed by atoms with Gasteiger partial charge in [-0.05, 0) is 40.6 Å². The summed E-state index contributed by atoms with van der Waals surface area (Å²) in [5.41, 5.74) is 1.16. The summed E-state index contributed by atoms with van der Waals surface area (Å²) in [5, 5.41) is 2.26. The number of hydrogen-bond acceptors (Lipinski definition) is 4. The number of carbonyl (C=O) groups is 1. The number of rotatable bonds is 2. The van der Waals surface area contributed by atoms with Crippen LogP contribution in [-0.2, 0) is 9.53 Å². The molecule has 2 heterocycles. The second-order valence-corrected chi connectivity index (χ2v) is 4.92. The zero-order valence-corrected chi connectivity index (χ0v) is 11.5. The quantitative estimate of drug-likeness (QED) is 0.533. The van der Waals surface area contributed by atoms with Gasteiger partial charge in [0.15, 0.2) is 11.5 Å². The van der Waals surface area contributed by atoms with Crippen molar-refractivity contribution in [2.45, 2.75) is 0 Å². The highest BCUT2D eigenvalue weighted by atomic mass is 16.6. The Kier molecular flexibility index (Phi) is 2.86. The van der Waals surface area contributed by atoms with E-state index in [1.165, 1.54) is 6.26 Å². The highest BCUT2D eigenvalue weighted by Crippen LogP contribution is 2.21. The van der Waals surface area contributed by atoms with E-state index < -0.39 is 5.97 Å². The molecule has 0 atom stereocenters. The fourth-order valence-corrected chi connectivity index (χ4v) is 2.37. The molecule has 106 valence electrons. The van der Waals surface area contributed by atoms with Crippen LogP contribution in [0, 0.1) is 0 Å². The van der Waals surface area contributed by atoms with Crippen LogP contribution >= 0.6 is 0 Å². The molecule has 0 amide bonds. The van der Waals surface area contributed by atoms with Crippen molar-refractivity contribution in [1.82, 2.24) is 0 Å². The van der Waals surface area contributed by atoms with Crippen LogP contribution in [0.1, 0.15) is 11.3 Å². The van der Waals surface area contributed by atoms with Gasteiger partial charge in [-0.25, -0.2) is 9.79 Å². The molecule has 4 heteroatoms. The molecule has 2 aromatic carbocycles. The van der Waals surface area contributed by atoms with Crippen molar-refractivity contribution in [3.63, 3.8) is 0 Å². The number of carbonyl (C=O) groups excluding carboxylic acids is 1. The van der Waals surface area contributed by atoms with Crippen LogP contribution in [0.3, 0.4) is 0 Å². The molecule has 3 aromatic rings. The maximum atomic E-state index is 11.9. The van der Waals surface area contributed by atoms with Crippen molar-refractivity contribution in [1.29, 1.82) is 0 Å². The van der Waals surface area contributed by atoms with Gasteiger partial charge in [-0.3, -0.25) is 0 Å². The van der Waals surface area contributed by atoms with Crippen molar-refractivity contribution in [2.24, 2.45) is 4.99 Å². The Hall–Kier alpha value is -3.14. The molecular formula is C18H11NO3. The molecule has 4 rings (SSSR count). The van der Waals surface area contributed by atoms with Gasteiger partial charge in [-0.1, -0.05) is 36.4 Å². The molecule has 0 aliphatic carbocycles. The second kappa shape index (κ2) is 5.00. The summed E-state index contributed by atoms with van der Waals surface area (Å²) >= 11 is 0. The van der Waals surface area contributed by atoms with E-state index in [0.29, 0.717) is 5.76 Å². The highest BCUT2D eigenvalue weighted by Gasteiger charge is 2.25. The van der Waals surface area contributed by atoms with Crippen LogP contribution in [0.25, 0.3) is 16.8 Å². The van der Waals surface area contributed by atoms with Gasteiger partial charge in [-0.2, -0.15) is 0 Å². The molecule has 1 aliphatic heterocycles. The summed E-state index contributed by atoms with van der Waals surface area (Å²) in [7, 11) is 0. The van der Waals surface area contributed by atoms with Crippen LogP contribution in [0.4, 0.5) is 0 Å². The lowest BCUT2D eigenvalue weighted by Crippen LogP contribution is -2.04. The van der Waals surface area contributed by atoms with Crippen molar-refractivity contribution in [3.8, 4) is 0 Å². The van der Waals surface area contributed by atoms with Crippen molar-refractivity contribution in [2.75, 3.05) is 0 Å². The van der Waals surface area contributed by atoms with Crippen LogP contribution < -0.4 is 0 Å². The van der Waals surface area contributed by atoms with E-state index in [9.17, 15) is 4.79 Å². The number of fused-ring (bicyclic) bond motifs is 1. The van der Waals surface area contributed by atoms with Gasteiger partial charge in [-0.15, -0.1) is 0 Å². The predicted octanol–water partition coefficient (Wildman–Crippen LogP) is 3.78. The number of esters is 1. The van der Waals surface area contributed by atoms with E-state index in [-0.39, 0.29) is 11.6 Å². The number of furan rings is 1. The van der Waals surface area contributed by atoms with Gasteiger partial charge in [0.25, 0.3) is 5.90 Å². The van der Waals surface area contributed by atoms with E-state index in [0.717, 1.165) is 16.3 Å². The fraction of sp³-hybridized carbons (Fsp3) is 0. The topological polar surface area (TPSA) is 51.8 Å². The standard InChI is InChI=1S/C18H11NO3/c20-18-15(19-17(22-18)16-6-3-9-21-16)11-12-7-8-13-4-1-2-5-14(13)10-12/h1-11H. The minimum atomic E-state index is -0.473. The first-order valence-electron chi connectivity index (χ1n) is 6.85. The number of aliphatic imine (C=N–C) groups is 1. The Labute approximate surface area is 126 Å². The average Bonchev–Trinajstić information content (AvgIpc) is 3.18. The summed E-state index contributed by atoms with van der Waals surface area (Å²) in [5.74, 6) is 0.164. The molecule has 1 aromatic heterocycles. The van der Waals surface area contributed by atoms with Gasteiger partial charge < -0.3 is 9.15 Å². The van der Waals surface area contributed by atoms with E-state index in [2.05, 4.69) is 4.99 Å². The lowest BCUT2D eigenvalue weighted by Gasteiger charge is -1.99. The SMILES string of the molecule is O=C1OC(c2ccco2)=NC1=Cc1ccc2ccccc2c1. The first kappa shape index (κ1) is 12.6. The van der Waals surface area contributed by atoms with Gasteiger partial charge >= 0.3 is 5.97 Å². The third kappa shape index (κ3) is 2.20. The molecule has 4 nitrogen and oxygen atoms in total. The van der Waals surface area contributed by atoms with Crippen LogP contribution in [-0.4, -0.2) is 11.9 Å². The first-order valence-corrected chi connectivity index (χ1v) is 6.85. The molecule has 0 bridgehead atoms. The molecule has 0 saturated heterocycles. The lowest BCUT2D eigenvalue weighted by atomic mass is 10.1. The van der Waals surface area contributed by atoms with E-state index in [1.54, 1.807) is 18.2 Å². The molecule has 0 spiro atoms. The van der Waals surface area contributed by atoms with Crippen molar-refractivity contribution < 1.29 is 13.9 Å². The molecule has 0 unspecified atom stereocenters. The average molecular weight is 289 g/mol. The van der Waals surface area contributed by atoms with Gasteiger partial charge in [0.1, 0.15) is 0 Å². The van der Waals surface area contributed by atoms with Gasteiger partial charge in [0, 0.05) is 0 Å². The molecule has 0 saturated carbocycles. The second-order valence-electron chi connectivity index (χ2n) is 4.92. The molecule has 0 radical (unpaired) electrons. The minimum absolute atomic E-state index is 0.196. The number of cyclic esters (lactones) is 1. The summed E-state index contributed by atoms with van der Waals surface area (Å²) in [6, 6.07) is 17.4. The third-order valence-electron chi connectivity index (χ3n) is 3.43. The summed E-state index contributed by atoms with van der Waals surface area (Å²) < 4.78 is 10.3. The van der Waals surface area contributed by atoms with Crippen LogP contribution in [0.5, 0.6) is 0 Å². The largest absolute Gasteiger partial charge is 0.459 e. The van der Waals surface area contributed by atoms with Crippen LogP contribution in [0.2, 0.25) is 0 Å². The molecule has 0 fully saturated rings. The first-order chi connectivity index (χ1) is 10.8. The summed E-state index contributed by atoms with van der Waals surface area (Å²) in [6.45, 7) is 0. The normalized spacial score (nSPS) is 16.1. The van der Waals surface area contributed by atoms with E-state index in [4.69, 9.17) is 9.15 Å². The summed E-state index contributed by atoms with van der Waals surface area (Å²) in [4.78, 5) is 16.1. The minimum Gasteiger partial charge on any atom is -0.459 e. The predicted molar refractivity (Wildman–Crippen MR) is 83.3 cm³/mol. The highest BCUT2D eigenvalue weighted by molar-refractivity contribution is 6.12. The molecule has 22 heavy (non-hydrogen) atoms. The Morgan fingerprint density at radius 1 is 0.955 bits per heavy atom. The number of hydrogen-bond donors (Lipinski definition) is 0. The van der Waals surface area contributed by atoms with Crippen LogP contribution in [0.15, 0.2) is 76.0 Å². The third-order valence-corrected chi connectivity index (χ3v) is 3.43. The Morgan fingerprint density at radius 3 is 2.64 bits per heavy atom. The Morgan fingerprint density at radius 2 is 1.82 bits per heavy atom. The fourth-order valence-electron chi connectivity index (χ4n) is 2.37. The number of nitrogens with zero attached hydrogens (tertiary/aromatic N) is 1. The number of ether oxygens (including phenoxy) is 1. The summed E-state index contributed by atoms with van der Waals surface area (Å²) in [6.07, 6.45) is 3.22.